The Morgan fingerprint density at radius 2 is 2.10 bits per heavy atom. The highest BCUT2D eigenvalue weighted by molar-refractivity contribution is 9.10. The first-order valence-electron chi connectivity index (χ1n) is 7.70. The highest BCUT2D eigenvalue weighted by Gasteiger charge is 2.29. The third kappa shape index (κ3) is 3.02. The molecule has 1 unspecified atom stereocenters. The van der Waals surface area contributed by atoms with Crippen molar-refractivity contribution in [2.24, 2.45) is 0 Å². The lowest BCUT2D eigenvalue weighted by Gasteiger charge is -2.29. The zero-order chi connectivity index (χ0) is 13.9. The number of benzene rings is 1. The van der Waals surface area contributed by atoms with Crippen molar-refractivity contribution in [1.29, 1.82) is 0 Å². The SMILES string of the molecule is CNCc1cc(Br)ccc1N1CCCN2CCCC2C1. The van der Waals surface area contributed by atoms with Gasteiger partial charge in [-0.1, -0.05) is 15.9 Å². The summed E-state index contributed by atoms with van der Waals surface area (Å²) in [6, 6.07) is 7.47. The molecule has 0 bridgehead atoms. The maximum atomic E-state index is 3.60. The van der Waals surface area contributed by atoms with E-state index in [4.69, 9.17) is 0 Å². The van der Waals surface area contributed by atoms with Gasteiger partial charge in [0.15, 0.2) is 0 Å². The number of nitrogens with zero attached hydrogens (tertiary/aromatic N) is 2. The van der Waals surface area contributed by atoms with Crippen molar-refractivity contribution in [1.82, 2.24) is 10.2 Å². The number of hydrogen-bond acceptors (Lipinski definition) is 3. The van der Waals surface area contributed by atoms with Gasteiger partial charge in [-0.2, -0.15) is 0 Å². The Balaban J connectivity index is 1.83. The normalized spacial score (nSPS) is 23.7. The fraction of sp³-hybridized carbons (Fsp3) is 0.625. The number of rotatable bonds is 3. The van der Waals surface area contributed by atoms with Crippen LogP contribution in [0.1, 0.15) is 24.8 Å². The van der Waals surface area contributed by atoms with Crippen molar-refractivity contribution in [3.05, 3.63) is 28.2 Å². The van der Waals surface area contributed by atoms with E-state index >= 15 is 0 Å². The Kier molecular flexibility index (Phi) is 4.64. The van der Waals surface area contributed by atoms with Crippen LogP contribution in [0.3, 0.4) is 0 Å². The molecule has 0 aromatic heterocycles. The predicted molar refractivity (Wildman–Crippen MR) is 88.3 cm³/mol. The maximum Gasteiger partial charge on any atom is 0.0413 e. The van der Waals surface area contributed by atoms with E-state index < -0.39 is 0 Å². The van der Waals surface area contributed by atoms with Crippen molar-refractivity contribution in [3.63, 3.8) is 0 Å². The lowest BCUT2D eigenvalue weighted by atomic mass is 10.1. The molecule has 2 saturated heterocycles. The maximum absolute atomic E-state index is 3.60. The summed E-state index contributed by atoms with van der Waals surface area (Å²) in [5.74, 6) is 0. The molecule has 3 nitrogen and oxygen atoms in total. The van der Waals surface area contributed by atoms with Crippen LogP contribution in [0.15, 0.2) is 22.7 Å². The Bertz CT molecular complexity index is 463. The fourth-order valence-corrected chi connectivity index (χ4v) is 4.03. The molecule has 1 N–H and O–H groups in total. The number of hydrogen-bond donors (Lipinski definition) is 1. The highest BCUT2D eigenvalue weighted by atomic mass is 79.9. The summed E-state index contributed by atoms with van der Waals surface area (Å²) in [6.45, 7) is 5.89. The molecule has 0 radical (unpaired) electrons. The minimum absolute atomic E-state index is 0.767. The van der Waals surface area contributed by atoms with E-state index in [0.717, 1.165) is 12.6 Å². The summed E-state index contributed by atoms with van der Waals surface area (Å²) >= 11 is 3.60. The van der Waals surface area contributed by atoms with Gasteiger partial charge in [-0.3, -0.25) is 4.90 Å². The van der Waals surface area contributed by atoms with E-state index in [1.165, 1.54) is 61.2 Å². The molecular formula is C16H24BrN3. The van der Waals surface area contributed by atoms with Crippen molar-refractivity contribution in [2.75, 3.05) is 38.1 Å². The molecule has 0 saturated carbocycles. The molecule has 2 aliphatic rings. The molecule has 1 aromatic rings. The summed E-state index contributed by atoms with van der Waals surface area (Å²) in [5.41, 5.74) is 2.81. The molecule has 1 aromatic carbocycles. The van der Waals surface area contributed by atoms with Crippen LogP contribution in [0.4, 0.5) is 5.69 Å². The molecule has 4 heteroatoms. The average Bonchev–Trinajstić information content (AvgIpc) is 2.77. The second kappa shape index (κ2) is 6.46. The first-order chi connectivity index (χ1) is 9.78. The van der Waals surface area contributed by atoms with Gasteiger partial charge in [-0.15, -0.1) is 0 Å². The van der Waals surface area contributed by atoms with E-state index in [-0.39, 0.29) is 0 Å². The zero-order valence-corrected chi connectivity index (χ0v) is 13.8. The summed E-state index contributed by atoms with van der Waals surface area (Å²) in [6.07, 6.45) is 4.03. The Labute approximate surface area is 130 Å². The zero-order valence-electron chi connectivity index (χ0n) is 12.2. The van der Waals surface area contributed by atoms with E-state index in [1.807, 2.05) is 7.05 Å². The van der Waals surface area contributed by atoms with Crippen LogP contribution in [0.25, 0.3) is 0 Å². The van der Waals surface area contributed by atoms with Crippen molar-refractivity contribution in [2.45, 2.75) is 31.8 Å². The monoisotopic (exact) mass is 337 g/mol. The molecule has 2 fully saturated rings. The Morgan fingerprint density at radius 3 is 2.95 bits per heavy atom. The Morgan fingerprint density at radius 1 is 1.25 bits per heavy atom. The average molecular weight is 338 g/mol. The molecule has 2 heterocycles. The molecule has 1 atom stereocenters. The summed E-state index contributed by atoms with van der Waals surface area (Å²) < 4.78 is 1.17. The van der Waals surface area contributed by atoms with Gasteiger partial charge >= 0.3 is 0 Å². The number of anilines is 1. The van der Waals surface area contributed by atoms with Crippen molar-refractivity contribution >= 4 is 21.6 Å². The third-order valence-electron chi connectivity index (χ3n) is 4.55. The molecule has 0 spiro atoms. The topological polar surface area (TPSA) is 18.5 Å². The molecule has 3 rings (SSSR count). The Hall–Kier alpha value is -0.580. The van der Waals surface area contributed by atoms with Crippen molar-refractivity contribution < 1.29 is 0 Å². The van der Waals surface area contributed by atoms with Crippen molar-refractivity contribution in [3.8, 4) is 0 Å². The van der Waals surface area contributed by atoms with Crippen LogP contribution in [0.5, 0.6) is 0 Å². The number of nitrogens with one attached hydrogen (secondary N) is 1. The van der Waals surface area contributed by atoms with E-state index in [1.54, 1.807) is 0 Å². The molecule has 110 valence electrons. The lowest BCUT2D eigenvalue weighted by molar-refractivity contribution is 0.273. The van der Waals surface area contributed by atoms with E-state index in [0.29, 0.717) is 0 Å². The highest BCUT2D eigenvalue weighted by Crippen LogP contribution is 2.29. The van der Waals surface area contributed by atoms with Crippen LogP contribution in [0.2, 0.25) is 0 Å². The van der Waals surface area contributed by atoms with Gasteiger partial charge in [0.1, 0.15) is 0 Å². The molecule has 2 aliphatic heterocycles. The van der Waals surface area contributed by atoms with Crippen LogP contribution in [0, 0.1) is 0 Å². The van der Waals surface area contributed by atoms with Crippen LogP contribution < -0.4 is 10.2 Å². The quantitative estimate of drug-likeness (QED) is 0.914. The molecular weight excluding hydrogens is 314 g/mol. The first kappa shape index (κ1) is 14.4. The number of fused-ring (bicyclic) bond motifs is 1. The number of halogens is 1. The van der Waals surface area contributed by atoms with Crippen LogP contribution >= 0.6 is 15.9 Å². The smallest absolute Gasteiger partial charge is 0.0413 e. The summed E-state index contributed by atoms with van der Waals surface area (Å²) in [7, 11) is 2.02. The van der Waals surface area contributed by atoms with Gasteiger partial charge in [-0.25, -0.2) is 0 Å². The second-order valence-electron chi connectivity index (χ2n) is 5.93. The standard InChI is InChI=1S/C16H24BrN3/c1-18-11-13-10-14(17)5-6-16(13)20-9-3-8-19-7-2-4-15(19)12-20/h5-6,10,15,18H,2-4,7-9,11-12H2,1H3. The molecule has 0 amide bonds. The van der Waals surface area contributed by atoms with Gasteiger partial charge in [0, 0.05) is 42.4 Å². The van der Waals surface area contributed by atoms with Gasteiger partial charge in [-0.05, 0) is 56.6 Å². The van der Waals surface area contributed by atoms with Crippen LogP contribution in [-0.4, -0.2) is 44.2 Å². The van der Waals surface area contributed by atoms with Gasteiger partial charge in [0.05, 0.1) is 0 Å². The van der Waals surface area contributed by atoms with Crippen LogP contribution in [-0.2, 0) is 6.54 Å². The summed E-state index contributed by atoms with van der Waals surface area (Å²) in [5, 5.41) is 3.29. The second-order valence-corrected chi connectivity index (χ2v) is 6.85. The summed E-state index contributed by atoms with van der Waals surface area (Å²) in [4.78, 5) is 5.30. The third-order valence-corrected chi connectivity index (χ3v) is 5.05. The largest absolute Gasteiger partial charge is 0.370 e. The minimum Gasteiger partial charge on any atom is -0.370 e. The lowest BCUT2D eigenvalue weighted by Crippen LogP contribution is -2.37. The minimum atomic E-state index is 0.767. The first-order valence-corrected chi connectivity index (χ1v) is 8.49. The van der Waals surface area contributed by atoms with Gasteiger partial charge in [0.2, 0.25) is 0 Å². The molecule has 20 heavy (non-hydrogen) atoms. The van der Waals surface area contributed by atoms with E-state index in [2.05, 4.69) is 49.2 Å². The molecule has 0 aliphatic carbocycles. The van der Waals surface area contributed by atoms with Gasteiger partial charge in [0.25, 0.3) is 0 Å². The fourth-order valence-electron chi connectivity index (χ4n) is 3.62. The predicted octanol–water partition coefficient (Wildman–Crippen LogP) is 2.84. The van der Waals surface area contributed by atoms with Gasteiger partial charge < -0.3 is 10.2 Å². The van der Waals surface area contributed by atoms with E-state index in [9.17, 15) is 0 Å².